The molecule has 0 amide bonds. The maximum absolute atomic E-state index is 14.1. The summed E-state index contributed by atoms with van der Waals surface area (Å²) in [6, 6.07) is 11.5. The lowest BCUT2D eigenvalue weighted by molar-refractivity contribution is -0.336. The maximum atomic E-state index is 14.1. The minimum atomic E-state index is -4.46. The molecule has 29 heavy (non-hydrogen) atoms. The van der Waals surface area contributed by atoms with Gasteiger partial charge in [0.2, 0.25) is 0 Å². The van der Waals surface area contributed by atoms with E-state index >= 15 is 0 Å². The summed E-state index contributed by atoms with van der Waals surface area (Å²) in [6.07, 6.45) is -2.39. The maximum Gasteiger partial charge on any atom is 0.340 e. The van der Waals surface area contributed by atoms with E-state index in [1.807, 2.05) is 0 Å². The molecule has 0 radical (unpaired) electrons. The number of esters is 2. The molecule has 0 heterocycles. The van der Waals surface area contributed by atoms with Gasteiger partial charge in [0.05, 0.1) is 11.1 Å². The number of rotatable bonds is 9. The molecule has 0 aliphatic heterocycles. The molecule has 2 aromatic carbocycles. The van der Waals surface area contributed by atoms with Crippen LogP contribution < -0.4 is 5.11 Å². The largest absolute Gasteiger partial charge is 0.544 e. The highest BCUT2D eigenvalue weighted by molar-refractivity contribution is 5.93. The predicted octanol–water partition coefficient (Wildman–Crippen LogP) is 2.12. The number of hydrogen-bond acceptors (Lipinski definition) is 7. The predicted molar refractivity (Wildman–Crippen MR) is 92.9 cm³/mol. The van der Waals surface area contributed by atoms with Crippen molar-refractivity contribution in [3.05, 3.63) is 71.3 Å². The van der Waals surface area contributed by atoms with Crippen molar-refractivity contribution in [1.29, 1.82) is 0 Å². The summed E-state index contributed by atoms with van der Waals surface area (Å²) in [4.78, 5) is 34.9. The van der Waals surface area contributed by atoms with Crippen LogP contribution in [0.1, 0.15) is 39.3 Å². The Kier molecular flexibility index (Phi) is 7.38. The van der Waals surface area contributed by atoms with E-state index in [4.69, 9.17) is 14.2 Å². The first-order valence-electron chi connectivity index (χ1n) is 8.47. The number of alkyl halides is 2. The zero-order valence-corrected chi connectivity index (χ0v) is 15.3. The normalized spacial score (nSPS) is 12.1. The summed E-state index contributed by atoms with van der Waals surface area (Å²) in [5.74, 6) is -9.04. The Hall–Kier alpha value is -3.33. The molecule has 9 heteroatoms. The summed E-state index contributed by atoms with van der Waals surface area (Å²) in [5, 5.41) is 10.9. The van der Waals surface area contributed by atoms with Crippen LogP contribution in [0.3, 0.4) is 0 Å². The highest BCUT2D eigenvalue weighted by atomic mass is 19.3. The Morgan fingerprint density at radius 2 is 1.52 bits per heavy atom. The number of halogens is 2. The van der Waals surface area contributed by atoms with Crippen molar-refractivity contribution in [3.63, 3.8) is 0 Å². The molecule has 0 aromatic heterocycles. The van der Waals surface area contributed by atoms with Crippen LogP contribution in [0.4, 0.5) is 8.78 Å². The van der Waals surface area contributed by atoms with Crippen LogP contribution in [0, 0.1) is 0 Å². The fourth-order valence-electron chi connectivity index (χ4n) is 2.27. The second kappa shape index (κ2) is 9.74. The van der Waals surface area contributed by atoms with Crippen molar-refractivity contribution < 1.29 is 42.5 Å². The SMILES string of the molecule is CCOCOC(=O)c1ccc(C(=O)OC(c2ccccc2)C(F)(F)C(=O)[O-])cc1. The van der Waals surface area contributed by atoms with Crippen molar-refractivity contribution in [3.8, 4) is 0 Å². The van der Waals surface area contributed by atoms with E-state index in [1.165, 1.54) is 54.6 Å². The zero-order valence-electron chi connectivity index (χ0n) is 15.3. The molecule has 0 N–H and O–H groups in total. The van der Waals surface area contributed by atoms with E-state index in [0.717, 1.165) is 0 Å². The van der Waals surface area contributed by atoms with Gasteiger partial charge in [0.15, 0.2) is 12.9 Å². The van der Waals surface area contributed by atoms with Crippen LogP contribution in [-0.4, -0.2) is 37.2 Å². The first kappa shape index (κ1) is 22.0. The van der Waals surface area contributed by atoms with E-state index in [0.29, 0.717) is 6.61 Å². The number of benzene rings is 2. The summed E-state index contributed by atoms with van der Waals surface area (Å²) < 4.78 is 42.6. The smallest absolute Gasteiger partial charge is 0.340 e. The lowest BCUT2D eigenvalue weighted by Crippen LogP contribution is -2.47. The number of carbonyl (C=O) groups excluding carboxylic acids is 3. The number of hydrogen-bond donors (Lipinski definition) is 0. The monoisotopic (exact) mass is 407 g/mol. The van der Waals surface area contributed by atoms with Gasteiger partial charge in [-0.25, -0.2) is 9.59 Å². The Balaban J connectivity index is 2.17. The number of carboxylic acids is 1. The third-order valence-corrected chi connectivity index (χ3v) is 3.76. The first-order chi connectivity index (χ1) is 13.8. The highest BCUT2D eigenvalue weighted by Crippen LogP contribution is 2.35. The minimum Gasteiger partial charge on any atom is -0.544 e. The zero-order chi connectivity index (χ0) is 21.4. The molecule has 0 fully saturated rings. The van der Waals surface area contributed by atoms with Crippen molar-refractivity contribution in [2.45, 2.75) is 19.0 Å². The van der Waals surface area contributed by atoms with Gasteiger partial charge >= 0.3 is 17.9 Å². The number of carboxylic acid groups (broad SMARTS) is 1. The Labute approximate surface area is 164 Å². The van der Waals surface area contributed by atoms with Gasteiger partial charge in [-0.3, -0.25) is 0 Å². The molecule has 0 aliphatic rings. The van der Waals surface area contributed by atoms with Gasteiger partial charge in [-0.1, -0.05) is 30.3 Å². The standard InChI is InChI=1S/C20H18F2O7/c1-2-27-12-28-17(23)14-8-10-15(11-9-14)18(24)29-16(20(21,22)19(25)26)13-6-4-3-5-7-13/h3-11,16H,2,12H2,1H3,(H,25,26)/p-1. The average Bonchev–Trinajstić information content (AvgIpc) is 2.72. The average molecular weight is 407 g/mol. The van der Waals surface area contributed by atoms with E-state index in [9.17, 15) is 28.3 Å². The van der Waals surface area contributed by atoms with Crippen LogP contribution in [0.2, 0.25) is 0 Å². The minimum absolute atomic E-state index is 0.0981. The fourth-order valence-corrected chi connectivity index (χ4v) is 2.27. The van der Waals surface area contributed by atoms with Crippen molar-refractivity contribution in [2.24, 2.45) is 0 Å². The molecule has 0 saturated heterocycles. The number of carbonyl (C=O) groups is 3. The van der Waals surface area contributed by atoms with E-state index in [1.54, 1.807) is 6.92 Å². The molecule has 0 aliphatic carbocycles. The molecule has 7 nitrogen and oxygen atoms in total. The Bertz CT molecular complexity index is 851. The van der Waals surface area contributed by atoms with Gasteiger partial charge in [0.25, 0.3) is 0 Å². The third-order valence-electron chi connectivity index (χ3n) is 3.76. The lowest BCUT2D eigenvalue weighted by atomic mass is 10.0. The van der Waals surface area contributed by atoms with E-state index < -0.39 is 29.9 Å². The Morgan fingerprint density at radius 1 is 0.966 bits per heavy atom. The summed E-state index contributed by atoms with van der Waals surface area (Å²) in [5.41, 5.74) is -0.284. The second-order valence-corrected chi connectivity index (χ2v) is 5.73. The van der Waals surface area contributed by atoms with Gasteiger partial charge in [-0.05, 0) is 36.8 Å². The van der Waals surface area contributed by atoms with Crippen molar-refractivity contribution in [1.82, 2.24) is 0 Å². The van der Waals surface area contributed by atoms with Gasteiger partial charge in [-0.2, -0.15) is 8.78 Å². The first-order valence-corrected chi connectivity index (χ1v) is 8.47. The molecule has 0 saturated carbocycles. The molecule has 1 atom stereocenters. The number of ether oxygens (including phenoxy) is 3. The molecular weight excluding hydrogens is 390 g/mol. The molecule has 154 valence electrons. The molecule has 2 rings (SSSR count). The van der Waals surface area contributed by atoms with Crippen LogP contribution >= 0.6 is 0 Å². The van der Waals surface area contributed by atoms with Crippen LogP contribution in [0.5, 0.6) is 0 Å². The molecule has 0 bridgehead atoms. The van der Waals surface area contributed by atoms with E-state index in [2.05, 4.69) is 0 Å². The van der Waals surface area contributed by atoms with Crippen LogP contribution in [-0.2, 0) is 19.0 Å². The van der Waals surface area contributed by atoms with E-state index in [-0.39, 0.29) is 23.5 Å². The van der Waals surface area contributed by atoms with Crippen molar-refractivity contribution >= 4 is 17.9 Å². The molecule has 2 aromatic rings. The quantitative estimate of drug-likeness (QED) is 0.356. The topological polar surface area (TPSA) is 102 Å². The van der Waals surface area contributed by atoms with Gasteiger partial charge < -0.3 is 24.1 Å². The lowest BCUT2D eigenvalue weighted by Gasteiger charge is -2.27. The summed E-state index contributed by atoms with van der Waals surface area (Å²) in [7, 11) is 0. The molecule has 0 spiro atoms. The van der Waals surface area contributed by atoms with Gasteiger partial charge in [0.1, 0.15) is 5.97 Å². The molecule has 1 unspecified atom stereocenters. The Morgan fingerprint density at radius 3 is 2.03 bits per heavy atom. The number of aliphatic carboxylic acids is 1. The second-order valence-electron chi connectivity index (χ2n) is 5.73. The molecular formula is C20H17F2O7-. The summed E-state index contributed by atoms with van der Waals surface area (Å²) >= 11 is 0. The van der Waals surface area contributed by atoms with Gasteiger partial charge in [0, 0.05) is 6.61 Å². The van der Waals surface area contributed by atoms with Crippen molar-refractivity contribution in [2.75, 3.05) is 13.4 Å². The summed E-state index contributed by atoms with van der Waals surface area (Å²) in [6.45, 7) is 1.84. The third kappa shape index (κ3) is 5.58. The van der Waals surface area contributed by atoms with Crippen LogP contribution in [0.25, 0.3) is 0 Å². The van der Waals surface area contributed by atoms with Gasteiger partial charge in [-0.15, -0.1) is 0 Å². The highest BCUT2D eigenvalue weighted by Gasteiger charge is 2.45. The fraction of sp³-hybridized carbons (Fsp3) is 0.250. The van der Waals surface area contributed by atoms with Crippen LogP contribution in [0.15, 0.2) is 54.6 Å².